The summed E-state index contributed by atoms with van der Waals surface area (Å²) in [6.45, 7) is 5.43. The Balaban J connectivity index is 1.62. The number of hydrogen-bond donors (Lipinski definition) is 3. The van der Waals surface area contributed by atoms with Crippen molar-refractivity contribution in [2.24, 2.45) is 5.92 Å². The molecule has 1 amide bonds. The van der Waals surface area contributed by atoms with E-state index in [9.17, 15) is 9.90 Å². The van der Waals surface area contributed by atoms with Crippen LogP contribution in [0.15, 0.2) is 18.2 Å². The first-order valence-corrected chi connectivity index (χ1v) is 7.89. The van der Waals surface area contributed by atoms with Gasteiger partial charge in [-0.1, -0.05) is 18.2 Å². The number of aryl methyl sites for hydroxylation is 2. The first-order valence-electron chi connectivity index (χ1n) is 7.89. The molecule has 5 heteroatoms. The van der Waals surface area contributed by atoms with Crippen molar-refractivity contribution in [3.8, 4) is 0 Å². The SMILES string of the molecule is Cc1cccc(C)c1NCC(=O)NCC(O)COCC1CC1. The molecule has 1 aromatic rings. The van der Waals surface area contributed by atoms with E-state index < -0.39 is 6.10 Å². The van der Waals surface area contributed by atoms with Crippen LogP contribution in [0.3, 0.4) is 0 Å². The molecule has 22 heavy (non-hydrogen) atoms. The molecule has 1 aliphatic rings. The number of rotatable bonds is 9. The monoisotopic (exact) mass is 306 g/mol. The Hall–Kier alpha value is -1.59. The van der Waals surface area contributed by atoms with Crippen LogP contribution in [0.25, 0.3) is 0 Å². The number of ether oxygens (including phenoxy) is 1. The van der Waals surface area contributed by atoms with Crippen molar-refractivity contribution in [1.29, 1.82) is 0 Å². The number of benzene rings is 1. The highest BCUT2D eigenvalue weighted by molar-refractivity contribution is 5.81. The summed E-state index contributed by atoms with van der Waals surface area (Å²) in [5.41, 5.74) is 3.22. The van der Waals surface area contributed by atoms with Gasteiger partial charge in [-0.25, -0.2) is 0 Å². The van der Waals surface area contributed by atoms with Crippen LogP contribution in [0, 0.1) is 19.8 Å². The maximum Gasteiger partial charge on any atom is 0.239 e. The van der Waals surface area contributed by atoms with E-state index in [0.29, 0.717) is 5.92 Å². The predicted molar refractivity (Wildman–Crippen MR) is 87.0 cm³/mol. The van der Waals surface area contributed by atoms with E-state index in [4.69, 9.17) is 4.74 Å². The first kappa shape index (κ1) is 16.8. The van der Waals surface area contributed by atoms with Crippen LogP contribution in [0.2, 0.25) is 0 Å². The standard InChI is InChI=1S/C17H26N2O3/c1-12-4-3-5-13(2)17(12)19-9-16(21)18-8-15(20)11-22-10-14-6-7-14/h3-5,14-15,19-20H,6-11H2,1-2H3,(H,18,21). The number of aliphatic hydroxyl groups excluding tert-OH is 1. The summed E-state index contributed by atoms with van der Waals surface area (Å²) in [4.78, 5) is 11.8. The maximum atomic E-state index is 11.8. The number of carbonyl (C=O) groups excluding carboxylic acids is 1. The molecule has 0 aromatic heterocycles. The second kappa shape index (κ2) is 8.15. The van der Waals surface area contributed by atoms with Gasteiger partial charge in [-0.15, -0.1) is 0 Å². The minimum absolute atomic E-state index is 0.135. The van der Waals surface area contributed by atoms with Gasteiger partial charge >= 0.3 is 0 Å². The summed E-state index contributed by atoms with van der Waals surface area (Å²) in [6, 6.07) is 6.01. The van der Waals surface area contributed by atoms with Crippen LogP contribution in [0.1, 0.15) is 24.0 Å². The lowest BCUT2D eigenvalue weighted by atomic mass is 10.1. The van der Waals surface area contributed by atoms with Crippen molar-refractivity contribution in [3.63, 3.8) is 0 Å². The molecule has 1 atom stereocenters. The topological polar surface area (TPSA) is 70.6 Å². The van der Waals surface area contributed by atoms with Gasteiger partial charge < -0.3 is 20.5 Å². The lowest BCUT2D eigenvalue weighted by Crippen LogP contribution is -2.37. The van der Waals surface area contributed by atoms with Gasteiger partial charge in [0, 0.05) is 18.8 Å². The molecule has 122 valence electrons. The third-order valence-corrected chi connectivity index (χ3v) is 3.80. The summed E-state index contributed by atoms with van der Waals surface area (Å²) >= 11 is 0. The van der Waals surface area contributed by atoms with Crippen molar-refractivity contribution in [1.82, 2.24) is 5.32 Å². The molecule has 3 N–H and O–H groups in total. The summed E-state index contributed by atoms with van der Waals surface area (Å²) in [5.74, 6) is 0.548. The molecular formula is C17H26N2O3. The molecule has 5 nitrogen and oxygen atoms in total. The van der Waals surface area contributed by atoms with Crippen LogP contribution >= 0.6 is 0 Å². The smallest absolute Gasteiger partial charge is 0.239 e. The number of para-hydroxylation sites is 1. The average molecular weight is 306 g/mol. The predicted octanol–water partition coefficient (Wildman–Crippen LogP) is 1.62. The minimum atomic E-state index is -0.650. The van der Waals surface area contributed by atoms with Crippen molar-refractivity contribution in [2.75, 3.05) is 31.6 Å². The van der Waals surface area contributed by atoms with Crippen LogP contribution in [-0.4, -0.2) is 43.4 Å². The van der Waals surface area contributed by atoms with Gasteiger partial charge in [-0.3, -0.25) is 4.79 Å². The van der Waals surface area contributed by atoms with E-state index in [-0.39, 0.29) is 25.6 Å². The highest BCUT2D eigenvalue weighted by Crippen LogP contribution is 2.28. The second-order valence-electron chi connectivity index (χ2n) is 6.06. The highest BCUT2D eigenvalue weighted by atomic mass is 16.5. The number of hydrogen-bond acceptors (Lipinski definition) is 4. The van der Waals surface area contributed by atoms with E-state index >= 15 is 0 Å². The zero-order valence-corrected chi connectivity index (χ0v) is 13.4. The van der Waals surface area contributed by atoms with Crippen LogP contribution in [-0.2, 0) is 9.53 Å². The van der Waals surface area contributed by atoms with Crippen molar-refractivity contribution >= 4 is 11.6 Å². The highest BCUT2D eigenvalue weighted by Gasteiger charge is 2.21. The average Bonchev–Trinajstić information content (AvgIpc) is 3.29. The van der Waals surface area contributed by atoms with Gasteiger partial charge in [-0.2, -0.15) is 0 Å². The van der Waals surface area contributed by atoms with Gasteiger partial charge in [0.25, 0.3) is 0 Å². The fraction of sp³-hybridized carbons (Fsp3) is 0.588. The fourth-order valence-electron chi connectivity index (χ4n) is 2.27. The number of aliphatic hydroxyl groups is 1. The van der Waals surface area contributed by atoms with Crippen molar-refractivity contribution in [2.45, 2.75) is 32.8 Å². The van der Waals surface area contributed by atoms with Crippen LogP contribution in [0.4, 0.5) is 5.69 Å². The molecular weight excluding hydrogens is 280 g/mol. The molecule has 0 bridgehead atoms. The molecule has 0 saturated heterocycles. The summed E-state index contributed by atoms with van der Waals surface area (Å²) in [5, 5.41) is 15.6. The number of carbonyl (C=O) groups is 1. The largest absolute Gasteiger partial charge is 0.389 e. The molecule has 1 aromatic carbocycles. The van der Waals surface area contributed by atoms with Crippen LogP contribution < -0.4 is 10.6 Å². The summed E-state index contributed by atoms with van der Waals surface area (Å²) in [7, 11) is 0. The molecule has 0 spiro atoms. The number of nitrogens with one attached hydrogen (secondary N) is 2. The molecule has 0 heterocycles. The molecule has 2 rings (SSSR count). The minimum Gasteiger partial charge on any atom is -0.389 e. The first-order chi connectivity index (χ1) is 10.6. The van der Waals surface area contributed by atoms with Gasteiger partial charge in [0.1, 0.15) is 0 Å². The van der Waals surface area contributed by atoms with Crippen LogP contribution in [0.5, 0.6) is 0 Å². The van der Waals surface area contributed by atoms with Crippen molar-refractivity contribution < 1.29 is 14.6 Å². The third-order valence-electron chi connectivity index (χ3n) is 3.80. The van der Waals surface area contributed by atoms with Gasteiger partial charge in [-0.05, 0) is 43.7 Å². The van der Waals surface area contributed by atoms with Gasteiger partial charge in [0.2, 0.25) is 5.91 Å². The van der Waals surface area contributed by atoms with Gasteiger partial charge in [0.15, 0.2) is 0 Å². The Bertz CT molecular complexity index is 480. The Kier molecular flexibility index (Phi) is 6.21. The number of amides is 1. The lowest BCUT2D eigenvalue weighted by molar-refractivity contribution is -0.120. The Morgan fingerprint density at radius 3 is 2.68 bits per heavy atom. The molecule has 1 saturated carbocycles. The summed E-state index contributed by atoms with van der Waals surface area (Å²) < 4.78 is 5.40. The Labute approximate surface area is 132 Å². The fourth-order valence-corrected chi connectivity index (χ4v) is 2.27. The zero-order valence-electron chi connectivity index (χ0n) is 13.4. The summed E-state index contributed by atoms with van der Waals surface area (Å²) in [6.07, 6.45) is 1.82. The molecule has 0 aliphatic heterocycles. The molecule has 1 aliphatic carbocycles. The molecule has 1 fully saturated rings. The Morgan fingerprint density at radius 1 is 1.36 bits per heavy atom. The van der Waals surface area contributed by atoms with Gasteiger partial charge in [0.05, 0.1) is 19.3 Å². The quantitative estimate of drug-likeness (QED) is 0.648. The third kappa shape index (κ3) is 5.66. The van der Waals surface area contributed by atoms with E-state index in [1.54, 1.807) is 0 Å². The van der Waals surface area contributed by atoms with E-state index in [0.717, 1.165) is 23.4 Å². The maximum absolute atomic E-state index is 11.8. The van der Waals surface area contributed by atoms with E-state index in [1.165, 1.54) is 12.8 Å². The normalized spacial score (nSPS) is 15.4. The van der Waals surface area contributed by atoms with E-state index in [1.807, 2.05) is 32.0 Å². The van der Waals surface area contributed by atoms with E-state index in [2.05, 4.69) is 10.6 Å². The molecule has 1 unspecified atom stereocenters. The Morgan fingerprint density at radius 2 is 2.05 bits per heavy atom. The molecule has 0 radical (unpaired) electrons. The number of anilines is 1. The zero-order chi connectivity index (χ0) is 15.9. The lowest BCUT2D eigenvalue weighted by Gasteiger charge is -2.14. The second-order valence-corrected chi connectivity index (χ2v) is 6.06. The van der Waals surface area contributed by atoms with Crippen molar-refractivity contribution in [3.05, 3.63) is 29.3 Å².